The fraction of sp³-hybridized carbons (Fsp3) is 0.292. The monoisotopic (exact) mass is 377 g/mol. The van der Waals surface area contributed by atoms with Gasteiger partial charge in [-0.1, -0.05) is 55.5 Å². The predicted octanol–water partition coefficient (Wildman–Crippen LogP) is 4.81. The number of carbonyl (C=O) groups is 1. The molecule has 1 amide bonds. The second-order valence-corrected chi connectivity index (χ2v) is 6.83. The second kappa shape index (κ2) is 9.27. The normalized spacial score (nSPS) is 11.8. The molecule has 1 N–H and O–H groups in total. The Bertz CT molecular complexity index is 946. The van der Waals surface area contributed by atoms with Crippen LogP contribution in [0.25, 0.3) is 10.8 Å². The molecule has 0 aliphatic heterocycles. The second-order valence-electron chi connectivity index (χ2n) is 6.83. The molecule has 3 rings (SSSR count). The van der Waals surface area contributed by atoms with Crippen molar-refractivity contribution in [2.75, 3.05) is 13.2 Å². The molecule has 4 heteroatoms. The fourth-order valence-corrected chi connectivity index (χ4v) is 3.10. The Balaban J connectivity index is 1.53. The lowest BCUT2D eigenvalue weighted by molar-refractivity contribution is -0.128. The Labute approximate surface area is 166 Å². The van der Waals surface area contributed by atoms with Crippen LogP contribution in [0.5, 0.6) is 11.5 Å². The molecule has 28 heavy (non-hydrogen) atoms. The van der Waals surface area contributed by atoms with E-state index in [0.29, 0.717) is 19.6 Å². The number of fused-ring (bicyclic) bond motifs is 1. The van der Waals surface area contributed by atoms with Gasteiger partial charge < -0.3 is 14.8 Å². The van der Waals surface area contributed by atoms with Gasteiger partial charge in [0.25, 0.3) is 5.91 Å². The van der Waals surface area contributed by atoms with Crippen molar-refractivity contribution in [2.24, 2.45) is 0 Å². The lowest BCUT2D eigenvalue weighted by atomic mass is 10.1. The summed E-state index contributed by atoms with van der Waals surface area (Å²) in [6.07, 6.45) is 0.0849. The highest BCUT2D eigenvalue weighted by atomic mass is 16.5. The van der Waals surface area contributed by atoms with Gasteiger partial charge in [-0.3, -0.25) is 4.79 Å². The number of carbonyl (C=O) groups excluding carboxylic acids is 1. The first-order valence-corrected chi connectivity index (χ1v) is 9.71. The average Bonchev–Trinajstić information content (AvgIpc) is 2.72. The first kappa shape index (κ1) is 19.7. The van der Waals surface area contributed by atoms with Crippen LogP contribution in [0.2, 0.25) is 0 Å². The maximum atomic E-state index is 12.5. The molecule has 0 saturated heterocycles. The van der Waals surface area contributed by atoms with E-state index in [1.807, 2.05) is 69.3 Å². The standard InChI is InChI=1S/C24H27NO3/c1-4-21(28-22-13-7-9-17(2)18(22)3)24(26)25-15-16-27-23-14-8-11-19-10-5-6-12-20(19)23/h5-14,21H,4,15-16H2,1-3H3,(H,25,26). The highest BCUT2D eigenvalue weighted by Crippen LogP contribution is 2.25. The molecule has 0 bridgehead atoms. The van der Waals surface area contributed by atoms with Crippen LogP contribution in [0, 0.1) is 13.8 Å². The smallest absolute Gasteiger partial charge is 0.261 e. The Kier molecular flexibility index (Phi) is 6.53. The van der Waals surface area contributed by atoms with Gasteiger partial charge in [-0.05, 0) is 48.9 Å². The van der Waals surface area contributed by atoms with Gasteiger partial charge in [-0.2, -0.15) is 0 Å². The van der Waals surface area contributed by atoms with E-state index in [1.54, 1.807) is 0 Å². The lowest BCUT2D eigenvalue weighted by Gasteiger charge is -2.19. The van der Waals surface area contributed by atoms with Crippen LogP contribution in [0.4, 0.5) is 0 Å². The molecule has 0 radical (unpaired) electrons. The van der Waals surface area contributed by atoms with Crippen LogP contribution in [-0.2, 0) is 4.79 Å². The van der Waals surface area contributed by atoms with E-state index in [-0.39, 0.29) is 5.91 Å². The molecular formula is C24H27NO3. The zero-order valence-corrected chi connectivity index (χ0v) is 16.7. The van der Waals surface area contributed by atoms with E-state index < -0.39 is 6.10 Å². The first-order valence-electron chi connectivity index (χ1n) is 9.71. The minimum absolute atomic E-state index is 0.120. The number of nitrogens with one attached hydrogen (secondary N) is 1. The minimum atomic E-state index is -0.516. The number of rotatable bonds is 8. The van der Waals surface area contributed by atoms with Crippen LogP contribution < -0.4 is 14.8 Å². The van der Waals surface area contributed by atoms with Gasteiger partial charge in [0.05, 0.1) is 6.54 Å². The fourth-order valence-electron chi connectivity index (χ4n) is 3.10. The van der Waals surface area contributed by atoms with Crippen LogP contribution in [0.1, 0.15) is 24.5 Å². The van der Waals surface area contributed by atoms with Gasteiger partial charge >= 0.3 is 0 Å². The lowest BCUT2D eigenvalue weighted by Crippen LogP contribution is -2.39. The summed E-state index contributed by atoms with van der Waals surface area (Å²) in [5, 5.41) is 5.12. The van der Waals surface area contributed by atoms with Crippen molar-refractivity contribution in [3.8, 4) is 11.5 Å². The topological polar surface area (TPSA) is 47.6 Å². The summed E-state index contributed by atoms with van der Waals surface area (Å²) in [5.74, 6) is 1.46. The highest BCUT2D eigenvalue weighted by Gasteiger charge is 2.19. The van der Waals surface area contributed by atoms with Crippen molar-refractivity contribution < 1.29 is 14.3 Å². The highest BCUT2D eigenvalue weighted by molar-refractivity contribution is 5.88. The molecule has 0 heterocycles. The van der Waals surface area contributed by atoms with E-state index in [1.165, 1.54) is 0 Å². The van der Waals surface area contributed by atoms with Crippen LogP contribution >= 0.6 is 0 Å². The van der Waals surface area contributed by atoms with Gasteiger partial charge in [0.2, 0.25) is 0 Å². The molecule has 1 atom stereocenters. The molecule has 146 valence electrons. The number of amides is 1. The first-order chi connectivity index (χ1) is 13.6. The zero-order chi connectivity index (χ0) is 19.9. The van der Waals surface area contributed by atoms with Crippen LogP contribution in [0.3, 0.4) is 0 Å². The summed E-state index contributed by atoms with van der Waals surface area (Å²) < 4.78 is 11.8. The van der Waals surface area contributed by atoms with E-state index in [4.69, 9.17) is 9.47 Å². The zero-order valence-electron chi connectivity index (χ0n) is 16.7. The third kappa shape index (κ3) is 4.63. The Morgan fingerprint density at radius 3 is 2.50 bits per heavy atom. The molecule has 0 aromatic heterocycles. The number of aryl methyl sites for hydroxylation is 1. The molecule has 1 unspecified atom stereocenters. The van der Waals surface area contributed by atoms with E-state index in [0.717, 1.165) is 33.4 Å². The van der Waals surface area contributed by atoms with Crippen molar-refractivity contribution >= 4 is 16.7 Å². The molecule has 4 nitrogen and oxygen atoms in total. The molecule has 0 aliphatic rings. The molecule has 0 aliphatic carbocycles. The van der Waals surface area contributed by atoms with Crippen LogP contribution in [0.15, 0.2) is 60.7 Å². The number of ether oxygens (including phenoxy) is 2. The van der Waals surface area contributed by atoms with Crippen molar-refractivity contribution in [1.29, 1.82) is 0 Å². The molecular weight excluding hydrogens is 350 g/mol. The quantitative estimate of drug-likeness (QED) is 0.573. The molecule has 0 spiro atoms. The van der Waals surface area contributed by atoms with Gasteiger partial charge in [0.15, 0.2) is 6.10 Å². The van der Waals surface area contributed by atoms with Crippen LogP contribution in [-0.4, -0.2) is 25.2 Å². The summed E-state index contributed by atoms with van der Waals surface area (Å²) in [6, 6.07) is 20.0. The summed E-state index contributed by atoms with van der Waals surface area (Å²) in [4.78, 5) is 12.5. The number of benzene rings is 3. The van der Waals surface area contributed by atoms with Crippen molar-refractivity contribution in [3.05, 3.63) is 71.8 Å². The third-order valence-electron chi connectivity index (χ3n) is 4.90. The molecule has 0 saturated carbocycles. The Hall–Kier alpha value is -3.01. The van der Waals surface area contributed by atoms with Gasteiger partial charge in [0.1, 0.15) is 18.1 Å². The van der Waals surface area contributed by atoms with E-state index >= 15 is 0 Å². The van der Waals surface area contributed by atoms with Gasteiger partial charge in [0, 0.05) is 5.39 Å². The number of hydrogen-bond donors (Lipinski definition) is 1. The van der Waals surface area contributed by atoms with Crippen molar-refractivity contribution in [3.63, 3.8) is 0 Å². The number of hydrogen-bond acceptors (Lipinski definition) is 3. The van der Waals surface area contributed by atoms with Gasteiger partial charge in [-0.15, -0.1) is 0 Å². The largest absolute Gasteiger partial charge is 0.491 e. The van der Waals surface area contributed by atoms with Crippen molar-refractivity contribution in [1.82, 2.24) is 5.32 Å². The molecule has 3 aromatic carbocycles. The maximum absolute atomic E-state index is 12.5. The van der Waals surface area contributed by atoms with Crippen molar-refractivity contribution in [2.45, 2.75) is 33.3 Å². The van der Waals surface area contributed by atoms with E-state index in [9.17, 15) is 4.79 Å². The molecule has 0 fully saturated rings. The Morgan fingerprint density at radius 2 is 1.68 bits per heavy atom. The summed E-state index contributed by atoms with van der Waals surface area (Å²) >= 11 is 0. The van der Waals surface area contributed by atoms with Gasteiger partial charge in [-0.25, -0.2) is 0 Å². The summed E-state index contributed by atoms with van der Waals surface area (Å²) in [5.41, 5.74) is 2.21. The van der Waals surface area contributed by atoms with E-state index in [2.05, 4.69) is 17.4 Å². The maximum Gasteiger partial charge on any atom is 0.261 e. The Morgan fingerprint density at radius 1 is 0.964 bits per heavy atom. The predicted molar refractivity (Wildman–Crippen MR) is 113 cm³/mol. The third-order valence-corrected chi connectivity index (χ3v) is 4.90. The summed E-state index contributed by atoms with van der Waals surface area (Å²) in [6.45, 7) is 6.82. The average molecular weight is 377 g/mol. The SMILES string of the molecule is CCC(Oc1cccc(C)c1C)C(=O)NCCOc1cccc2ccccc12. The molecule has 3 aromatic rings. The minimum Gasteiger partial charge on any atom is -0.491 e. The summed E-state index contributed by atoms with van der Waals surface area (Å²) in [7, 11) is 0.